The van der Waals surface area contributed by atoms with E-state index in [9.17, 15) is 5.11 Å². The van der Waals surface area contributed by atoms with Crippen LogP contribution < -0.4 is 0 Å². The summed E-state index contributed by atoms with van der Waals surface area (Å²) in [6.45, 7) is 3.25. The number of hydrogen-bond donors (Lipinski definition) is 1. The van der Waals surface area contributed by atoms with Gasteiger partial charge in [0, 0.05) is 6.61 Å². The van der Waals surface area contributed by atoms with E-state index in [0.717, 1.165) is 31.3 Å². The monoisotopic (exact) mass is 310 g/mol. The highest BCUT2D eigenvalue weighted by Crippen LogP contribution is 2.41. The van der Waals surface area contributed by atoms with Crippen LogP contribution in [0.2, 0.25) is 0 Å². The molecule has 0 saturated heterocycles. The molecule has 0 aromatic heterocycles. The molecule has 2 heteroatoms. The Labute approximate surface area is 138 Å². The predicted molar refractivity (Wildman–Crippen MR) is 93.0 cm³/mol. The van der Waals surface area contributed by atoms with Crippen molar-refractivity contribution in [3.05, 3.63) is 0 Å². The quantitative estimate of drug-likeness (QED) is 0.542. The molecule has 4 atom stereocenters. The topological polar surface area (TPSA) is 29.5 Å². The van der Waals surface area contributed by atoms with Crippen LogP contribution in [0.4, 0.5) is 0 Å². The molecule has 0 aromatic rings. The molecular weight excluding hydrogens is 272 g/mol. The average molecular weight is 311 g/mol. The van der Waals surface area contributed by atoms with Crippen molar-refractivity contribution in [2.24, 2.45) is 11.8 Å². The number of aliphatic hydroxyl groups excluding tert-OH is 1. The first-order valence-corrected chi connectivity index (χ1v) is 10.1. The van der Waals surface area contributed by atoms with Gasteiger partial charge in [-0.1, -0.05) is 51.9 Å². The molecule has 4 unspecified atom stereocenters. The van der Waals surface area contributed by atoms with Gasteiger partial charge >= 0.3 is 0 Å². The second-order valence-electron chi connectivity index (χ2n) is 7.77. The van der Waals surface area contributed by atoms with Crippen LogP contribution in [0, 0.1) is 11.8 Å². The summed E-state index contributed by atoms with van der Waals surface area (Å²) in [5.74, 6) is 1.62. The van der Waals surface area contributed by atoms with Gasteiger partial charge in [-0.05, 0) is 56.8 Å². The molecule has 0 radical (unpaired) electrons. The number of unbranched alkanes of at least 4 members (excludes halogenated alkanes) is 7. The normalized spacial score (nSPS) is 31.9. The molecule has 2 saturated carbocycles. The summed E-state index contributed by atoms with van der Waals surface area (Å²) in [5.41, 5.74) is 0. The van der Waals surface area contributed by atoms with Gasteiger partial charge in [-0.3, -0.25) is 0 Å². The van der Waals surface area contributed by atoms with Gasteiger partial charge in [0.25, 0.3) is 0 Å². The van der Waals surface area contributed by atoms with Crippen molar-refractivity contribution in [2.75, 3.05) is 6.61 Å². The molecule has 0 amide bonds. The lowest BCUT2D eigenvalue weighted by Crippen LogP contribution is -2.35. The minimum atomic E-state index is -0.0176. The van der Waals surface area contributed by atoms with E-state index in [1.807, 2.05) is 0 Å². The van der Waals surface area contributed by atoms with Crippen molar-refractivity contribution in [3.63, 3.8) is 0 Å². The molecule has 0 spiro atoms. The van der Waals surface area contributed by atoms with Crippen molar-refractivity contribution in [1.29, 1.82) is 0 Å². The maximum atomic E-state index is 9.77. The Kier molecular flexibility index (Phi) is 8.84. The molecule has 0 bridgehead atoms. The highest BCUT2D eigenvalue weighted by molar-refractivity contribution is 4.86. The number of fused-ring (bicyclic) bond motifs is 1. The Bertz CT molecular complexity index is 279. The zero-order valence-electron chi connectivity index (χ0n) is 14.8. The van der Waals surface area contributed by atoms with Crippen LogP contribution in [0.25, 0.3) is 0 Å². The zero-order valence-corrected chi connectivity index (χ0v) is 14.8. The molecule has 0 heterocycles. The Hall–Kier alpha value is -0.0800. The molecule has 130 valence electrons. The van der Waals surface area contributed by atoms with Crippen molar-refractivity contribution in [1.82, 2.24) is 0 Å². The molecule has 0 aromatic carbocycles. The van der Waals surface area contributed by atoms with Crippen molar-refractivity contribution >= 4 is 0 Å². The molecule has 2 aliphatic rings. The van der Waals surface area contributed by atoms with E-state index in [2.05, 4.69) is 6.92 Å². The highest BCUT2D eigenvalue weighted by Gasteiger charge is 2.35. The van der Waals surface area contributed by atoms with E-state index in [4.69, 9.17) is 4.74 Å². The maximum absolute atomic E-state index is 9.77. The molecule has 1 N–H and O–H groups in total. The third kappa shape index (κ3) is 6.58. The molecule has 2 rings (SSSR count). The summed E-state index contributed by atoms with van der Waals surface area (Å²) >= 11 is 0. The third-order valence-electron chi connectivity index (χ3n) is 5.89. The lowest BCUT2D eigenvalue weighted by molar-refractivity contribution is -0.0328. The standard InChI is InChI=1S/C20H38O2/c1-2-3-4-5-6-7-8-9-14-22-20-13-11-17-15-19(21)12-10-18(17)16-20/h17-21H,2-16H2,1H3. The van der Waals surface area contributed by atoms with Gasteiger partial charge in [-0.25, -0.2) is 0 Å². The largest absolute Gasteiger partial charge is 0.393 e. The van der Waals surface area contributed by atoms with Gasteiger partial charge in [0.05, 0.1) is 12.2 Å². The average Bonchev–Trinajstić information content (AvgIpc) is 2.53. The van der Waals surface area contributed by atoms with Crippen molar-refractivity contribution in [2.45, 2.75) is 109 Å². The summed E-state index contributed by atoms with van der Waals surface area (Å²) in [6.07, 6.45) is 18.5. The Morgan fingerprint density at radius 1 is 0.773 bits per heavy atom. The lowest BCUT2D eigenvalue weighted by Gasteiger charge is -2.40. The van der Waals surface area contributed by atoms with Gasteiger partial charge < -0.3 is 9.84 Å². The lowest BCUT2D eigenvalue weighted by atomic mass is 9.69. The van der Waals surface area contributed by atoms with Crippen LogP contribution >= 0.6 is 0 Å². The summed E-state index contributed by atoms with van der Waals surface area (Å²) in [4.78, 5) is 0. The van der Waals surface area contributed by atoms with Gasteiger partial charge in [-0.2, -0.15) is 0 Å². The van der Waals surface area contributed by atoms with E-state index in [1.54, 1.807) is 0 Å². The highest BCUT2D eigenvalue weighted by atomic mass is 16.5. The summed E-state index contributed by atoms with van der Waals surface area (Å²) < 4.78 is 6.14. The van der Waals surface area contributed by atoms with E-state index >= 15 is 0 Å². The second-order valence-corrected chi connectivity index (χ2v) is 7.77. The number of aliphatic hydroxyl groups is 1. The predicted octanol–water partition coefficient (Wildman–Crippen LogP) is 5.47. The Balaban J connectivity index is 1.45. The van der Waals surface area contributed by atoms with Crippen LogP contribution in [0.15, 0.2) is 0 Å². The Morgan fingerprint density at radius 2 is 1.41 bits per heavy atom. The minimum Gasteiger partial charge on any atom is -0.393 e. The van der Waals surface area contributed by atoms with Crippen LogP contribution in [0.3, 0.4) is 0 Å². The fourth-order valence-corrected chi connectivity index (χ4v) is 4.46. The van der Waals surface area contributed by atoms with Crippen molar-refractivity contribution in [3.8, 4) is 0 Å². The van der Waals surface area contributed by atoms with Gasteiger partial charge in [-0.15, -0.1) is 0 Å². The molecule has 2 fully saturated rings. The summed E-state index contributed by atoms with van der Waals surface area (Å²) in [6, 6.07) is 0. The van der Waals surface area contributed by atoms with Gasteiger partial charge in [0.2, 0.25) is 0 Å². The molecule has 2 aliphatic carbocycles. The van der Waals surface area contributed by atoms with E-state index in [1.165, 1.54) is 77.0 Å². The summed E-state index contributed by atoms with van der Waals surface area (Å²) in [5, 5.41) is 9.77. The summed E-state index contributed by atoms with van der Waals surface area (Å²) in [7, 11) is 0. The number of rotatable bonds is 10. The minimum absolute atomic E-state index is 0.0176. The molecule has 0 aliphatic heterocycles. The first-order valence-electron chi connectivity index (χ1n) is 10.1. The maximum Gasteiger partial charge on any atom is 0.0578 e. The molecular formula is C20H38O2. The van der Waals surface area contributed by atoms with Crippen molar-refractivity contribution < 1.29 is 9.84 Å². The first-order chi connectivity index (χ1) is 10.8. The molecule has 2 nitrogen and oxygen atoms in total. The van der Waals surface area contributed by atoms with E-state index in [0.29, 0.717) is 6.10 Å². The fraction of sp³-hybridized carbons (Fsp3) is 1.00. The first kappa shape index (κ1) is 18.3. The third-order valence-corrected chi connectivity index (χ3v) is 5.89. The second kappa shape index (κ2) is 10.6. The number of hydrogen-bond acceptors (Lipinski definition) is 2. The smallest absolute Gasteiger partial charge is 0.0578 e. The molecule has 22 heavy (non-hydrogen) atoms. The van der Waals surface area contributed by atoms with Crippen LogP contribution in [0.5, 0.6) is 0 Å². The van der Waals surface area contributed by atoms with Crippen LogP contribution in [-0.2, 0) is 4.74 Å². The SMILES string of the molecule is CCCCCCCCCCOC1CCC2CC(O)CCC2C1. The fourth-order valence-electron chi connectivity index (χ4n) is 4.46. The van der Waals surface area contributed by atoms with Crippen LogP contribution in [0.1, 0.15) is 96.8 Å². The number of ether oxygens (including phenoxy) is 1. The van der Waals surface area contributed by atoms with E-state index in [-0.39, 0.29) is 6.10 Å². The van der Waals surface area contributed by atoms with Gasteiger partial charge in [0.1, 0.15) is 0 Å². The van der Waals surface area contributed by atoms with E-state index < -0.39 is 0 Å². The Morgan fingerprint density at radius 3 is 2.18 bits per heavy atom. The van der Waals surface area contributed by atoms with Gasteiger partial charge in [0.15, 0.2) is 0 Å². The van der Waals surface area contributed by atoms with Crippen LogP contribution in [-0.4, -0.2) is 23.9 Å². The zero-order chi connectivity index (χ0) is 15.6.